The van der Waals surface area contributed by atoms with Crippen LogP contribution in [0.3, 0.4) is 0 Å². The Morgan fingerprint density at radius 2 is 1.80 bits per heavy atom. The van der Waals surface area contributed by atoms with Crippen molar-refractivity contribution in [3.8, 4) is 0 Å². The lowest BCUT2D eigenvalue weighted by atomic mass is 10.1. The average molecular weight is 300 g/mol. The third-order valence-corrected chi connectivity index (χ3v) is 5.69. The van der Waals surface area contributed by atoms with Gasteiger partial charge in [-0.05, 0) is 44.0 Å². The van der Waals surface area contributed by atoms with E-state index in [0.717, 1.165) is 16.8 Å². The normalized spacial score (nSPS) is 13.6. The van der Waals surface area contributed by atoms with Crippen molar-refractivity contribution in [3.63, 3.8) is 0 Å². The van der Waals surface area contributed by atoms with E-state index in [-0.39, 0.29) is 6.04 Å². The van der Waals surface area contributed by atoms with Gasteiger partial charge in [0.25, 0.3) is 0 Å². The predicted molar refractivity (Wildman–Crippen MR) is 81.7 cm³/mol. The molecule has 1 N–H and O–H groups in total. The van der Waals surface area contributed by atoms with Gasteiger partial charge in [-0.2, -0.15) is 4.31 Å². The molecule has 1 rings (SSSR count). The van der Waals surface area contributed by atoms with E-state index in [2.05, 4.69) is 5.32 Å². The van der Waals surface area contributed by atoms with Gasteiger partial charge in [0.2, 0.25) is 10.0 Å². The molecule has 1 aromatic carbocycles. The molecule has 0 aliphatic carbocycles. The fourth-order valence-corrected chi connectivity index (χ4v) is 3.98. The van der Waals surface area contributed by atoms with E-state index in [0.29, 0.717) is 11.5 Å². The summed E-state index contributed by atoms with van der Waals surface area (Å²) in [6.45, 7) is 5.82. The van der Waals surface area contributed by atoms with Crippen LogP contribution in [0.5, 0.6) is 0 Å². The molecule has 1 atom stereocenters. The summed E-state index contributed by atoms with van der Waals surface area (Å²) in [6, 6.07) is 3.47. The summed E-state index contributed by atoms with van der Waals surface area (Å²) in [5.41, 5.74) is 2.39. The minimum atomic E-state index is -3.52. The Hall–Kier alpha value is -1.11. The molecule has 5 nitrogen and oxygen atoms in total. The first kappa shape index (κ1) is 16.9. The van der Waals surface area contributed by atoms with E-state index in [1.165, 1.54) is 4.31 Å². The van der Waals surface area contributed by atoms with Crippen LogP contribution in [0.4, 0.5) is 5.69 Å². The summed E-state index contributed by atoms with van der Waals surface area (Å²) in [7, 11) is 1.45. The van der Waals surface area contributed by atoms with E-state index in [9.17, 15) is 8.42 Å². The number of aryl methyl sites for hydroxylation is 2. The van der Waals surface area contributed by atoms with Gasteiger partial charge in [-0.3, -0.25) is 0 Å². The van der Waals surface area contributed by atoms with Crippen LogP contribution in [-0.4, -0.2) is 46.6 Å². The minimum Gasteiger partial charge on any atom is -0.388 e. The van der Waals surface area contributed by atoms with Crippen molar-refractivity contribution >= 4 is 15.7 Å². The first-order valence-corrected chi connectivity index (χ1v) is 7.95. The third kappa shape index (κ3) is 3.31. The lowest BCUT2D eigenvalue weighted by molar-refractivity contribution is 0.149. The summed E-state index contributed by atoms with van der Waals surface area (Å²) in [5.74, 6) is 0. The average Bonchev–Trinajstić information content (AvgIpc) is 2.36. The molecule has 0 spiro atoms. The topological polar surface area (TPSA) is 58.6 Å². The van der Waals surface area contributed by atoms with Crippen LogP contribution < -0.4 is 5.32 Å². The zero-order chi connectivity index (χ0) is 15.5. The molecule has 0 aliphatic rings. The highest BCUT2D eigenvalue weighted by Gasteiger charge is 2.28. The molecule has 0 radical (unpaired) electrons. The summed E-state index contributed by atoms with van der Waals surface area (Å²) in [6.07, 6.45) is 0. The molecule has 0 saturated carbocycles. The number of rotatable bonds is 6. The van der Waals surface area contributed by atoms with Gasteiger partial charge in [0, 0.05) is 32.9 Å². The molecule has 20 heavy (non-hydrogen) atoms. The van der Waals surface area contributed by atoms with Gasteiger partial charge in [-0.15, -0.1) is 0 Å². The summed E-state index contributed by atoms with van der Waals surface area (Å²) < 4.78 is 31.9. The van der Waals surface area contributed by atoms with Crippen molar-refractivity contribution in [2.45, 2.75) is 31.7 Å². The van der Waals surface area contributed by atoms with E-state index >= 15 is 0 Å². The number of likely N-dealkylation sites (N-methyl/N-ethyl adjacent to an activating group) is 1. The quantitative estimate of drug-likeness (QED) is 0.873. The van der Waals surface area contributed by atoms with Crippen molar-refractivity contribution in [1.82, 2.24) is 4.31 Å². The second kappa shape index (κ2) is 6.56. The van der Waals surface area contributed by atoms with Crippen LogP contribution in [0.15, 0.2) is 17.0 Å². The zero-order valence-corrected chi connectivity index (χ0v) is 13.8. The Bertz CT molecular complexity index is 547. The van der Waals surface area contributed by atoms with E-state index in [1.807, 2.05) is 40.0 Å². The molecule has 0 heterocycles. The second-order valence-corrected chi connectivity index (χ2v) is 6.95. The maximum absolute atomic E-state index is 12.7. The van der Waals surface area contributed by atoms with Crippen molar-refractivity contribution < 1.29 is 13.2 Å². The highest BCUT2D eigenvalue weighted by atomic mass is 32.2. The van der Waals surface area contributed by atoms with Gasteiger partial charge in [0.05, 0.1) is 11.5 Å². The Labute approximate surface area is 122 Å². The minimum absolute atomic E-state index is 0.215. The van der Waals surface area contributed by atoms with Crippen LogP contribution in [0.25, 0.3) is 0 Å². The van der Waals surface area contributed by atoms with Gasteiger partial charge in [0.1, 0.15) is 0 Å². The Balaban J connectivity index is 3.29. The molecule has 6 heteroatoms. The molecule has 0 aliphatic heterocycles. The number of nitrogens with one attached hydrogen (secondary N) is 1. The van der Waals surface area contributed by atoms with E-state index < -0.39 is 10.0 Å². The van der Waals surface area contributed by atoms with Crippen molar-refractivity contribution in [1.29, 1.82) is 0 Å². The molecule has 1 aromatic rings. The number of anilines is 1. The van der Waals surface area contributed by atoms with Crippen LogP contribution in [-0.2, 0) is 14.8 Å². The molecule has 0 bridgehead atoms. The fourth-order valence-electron chi connectivity index (χ4n) is 2.23. The highest BCUT2D eigenvalue weighted by Crippen LogP contribution is 2.27. The van der Waals surface area contributed by atoms with Crippen molar-refractivity contribution in [2.24, 2.45) is 0 Å². The Kier molecular flexibility index (Phi) is 5.56. The maximum Gasteiger partial charge on any atom is 0.243 e. The molecular formula is C14H24N2O3S. The largest absolute Gasteiger partial charge is 0.388 e. The van der Waals surface area contributed by atoms with Gasteiger partial charge in [-0.25, -0.2) is 8.42 Å². The van der Waals surface area contributed by atoms with Crippen LogP contribution in [0.2, 0.25) is 0 Å². The maximum atomic E-state index is 12.7. The third-order valence-electron chi connectivity index (χ3n) is 3.41. The molecule has 1 unspecified atom stereocenters. The lowest BCUT2D eigenvalue weighted by Crippen LogP contribution is -2.38. The number of nitrogens with zero attached hydrogens (tertiary/aromatic N) is 1. The predicted octanol–water partition coefficient (Wildman–Crippen LogP) is 2.00. The van der Waals surface area contributed by atoms with E-state index in [4.69, 9.17) is 4.74 Å². The Morgan fingerprint density at radius 1 is 1.30 bits per heavy atom. The van der Waals surface area contributed by atoms with Crippen molar-refractivity contribution in [3.05, 3.63) is 23.3 Å². The smallest absolute Gasteiger partial charge is 0.243 e. The van der Waals surface area contributed by atoms with E-state index in [1.54, 1.807) is 14.2 Å². The van der Waals surface area contributed by atoms with Gasteiger partial charge < -0.3 is 10.1 Å². The van der Waals surface area contributed by atoms with Gasteiger partial charge >= 0.3 is 0 Å². The molecular weight excluding hydrogens is 276 g/mol. The molecule has 0 aromatic heterocycles. The van der Waals surface area contributed by atoms with Crippen LogP contribution >= 0.6 is 0 Å². The first-order valence-electron chi connectivity index (χ1n) is 6.51. The summed E-state index contributed by atoms with van der Waals surface area (Å²) in [4.78, 5) is 0.377. The summed E-state index contributed by atoms with van der Waals surface area (Å²) in [5, 5.41) is 3.03. The molecule has 0 amide bonds. The van der Waals surface area contributed by atoms with Gasteiger partial charge in [0.15, 0.2) is 0 Å². The van der Waals surface area contributed by atoms with Crippen molar-refractivity contribution in [2.75, 3.05) is 33.1 Å². The molecule has 114 valence electrons. The summed E-state index contributed by atoms with van der Waals surface area (Å²) >= 11 is 0. The number of methoxy groups -OCH3 is 1. The molecule has 0 fully saturated rings. The second-order valence-electron chi connectivity index (χ2n) is 5.01. The first-order chi connectivity index (χ1) is 9.25. The van der Waals surface area contributed by atoms with Gasteiger partial charge in [-0.1, -0.05) is 0 Å². The number of hydrogen-bond donors (Lipinski definition) is 1. The fraction of sp³-hybridized carbons (Fsp3) is 0.571. The standard InChI is InChI=1S/C14H24N2O3S/c1-10-7-13(15-4)8-11(2)14(10)20(17,18)16(5)12(3)9-19-6/h7-8,12,15H,9H2,1-6H3. The number of ether oxygens (including phenoxy) is 1. The zero-order valence-electron chi connectivity index (χ0n) is 13.0. The van der Waals surface area contributed by atoms with Crippen LogP contribution in [0.1, 0.15) is 18.1 Å². The van der Waals surface area contributed by atoms with Crippen LogP contribution in [0, 0.1) is 13.8 Å². The monoisotopic (exact) mass is 300 g/mol. The number of benzene rings is 1. The SMILES string of the molecule is CNc1cc(C)c(S(=O)(=O)N(C)C(C)COC)c(C)c1. The lowest BCUT2D eigenvalue weighted by Gasteiger charge is -2.25. The number of hydrogen-bond acceptors (Lipinski definition) is 4. The molecule has 0 saturated heterocycles. The Morgan fingerprint density at radius 3 is 2.20 bits per heavy atom. The number of sulfonamides is 1. The highest BCUT2D eigenvalue weighted by molar-refractivity contribution is 7.89.